The van der Waals surface area contributed by atoms with Gasteiger partial charge in [-0.2, -0.15) is 0 Å². The van der Waals surface area contributed by atoms with Gasteiger partial charge in [0.15, 0.2) is 11.6 Å². The summed E-state index contributed by atoms with van der Waals surface area (Å²) in [5.41, 5.74) is 0.833. The van der Waals surface area contributed by atoms with Gasteiger partial charge < -0.3 is 4.42 Å². The Balaban J connectivity index is 1.64. The van der Waals surface area contributed by atoms with Crippen LogP contribution in [0.1, 0.15) is 49.3 Å². The summed E-state index contributed by atoms with van der Waals surface area (Å²) in [5, 5.41) is 0.182. The molecule has 1 saturated carbocycles. The van der Waals surface area contributed by atoms with E-state index in [9.17, 15) is 18.4 Å². The fourth-order valence-electron chi connectivity index (χ4n) is 5.25. The topological polar surface area (TPSA) is 55.5 Å². The van der Waals surface area contributed by atoms with Gasteiger partial charge in [0.1, 0.15) is 16.6 Å². The Hall–Kier alpha value is -3.32. The van der Waals surface area contributed by atoms with Crippen LogP contribution in [-0.2, 0) is 6.54 Å². The molecule has 1 saturated heterocycles. The Kier molecular flexibility index (Phi) is 5.10. The molecule has 2 aromatic carbocycles. The van der Waals surface area contributed by atoms with Crippen LogP contribution < -0.4 is 11.0 Å². The number of rotatable bonds is 4. The van der Waals surface area contributed by atoms with Crippen LogP contribution in [0.4, 0.5) is 8.78 Å². The number of hydrogen-bond acceptors (Lipinski definition) is 4. The summed E-state index contributed by atoms with van der Waals surface area (Å²) in [6.45, 7) is 2.68. The lowest BCUT2D eigenvalue weighted by molar-refractivity contribution is 0.331. The summed E-state index contributed by atoms with van der Waals surface area (Å²) in [6.07, 6.45) is 4.96. The molecule has 34 heavy (non-hydrogen) atoms. The van der Waals surface area contributed by atoms with E-state index in [0.717, 1.165) is 56.8 Å². The average Bonchev–Trinajstić information content (AvgIpc) is 3.29. The number of nitrogens with zero attached hydrogens (tertiary/aromatic N) is 2. The van der Waals surface area contributed by atoms with E-state index in [1.165, 1.54) is 16.7 Å². The molecule has 2 aliphatic rings. The van der Waals surface area contributed by atoms with Crippen molar-refractivity contribution in [3.05, 3.63) is 85.9 Å². The van der Waals surface area contributed by atoms with Gasteiger partial charge >= 0.3 is 0 Å². The number of aromatic nitrogens is 1. The van der Waals surface area contributed by atoms with Crippen molar-refractivity contribution in [1.82, 2.24) is 9.47 Å². The van der Waals surface area contributed by atoms with Crippen LogP contribution in [0.3, 0.4) is 0 Å². The molecule has 0 atom stereocenters. The normalized spacial score (nSPS) is 17.0. The maximum atomic E-state index is 14.8. The summed E-state index contributed by atoms with van der Waals surface area (Å²) >= 11 is 0. The third kappa shape index (κ3) is 3.29. The molecule has 0 N–H and O–H groups in total. The summed E-state index contributed by atoms with van der Waals surface area (Å²) in [4.78, 5) is 29.6. The van der Waals surface area contributed by atoms with E-state index in [4.69, 9.17) is 4.42 Å². The molecular weight excluding hydrogens is 438 g/mol. The van der Waals surface area contributed by atoms with Crippen LogP contribution >= 0.6 is 0 Å². The monoisotopic (exact) mass is 462 g/mol. The fraction of sp³-hybridized carbons (Fsp3) is 0.333. The lowest BCUT2D eigenvalue weighted by atomic mass is 9.82. The minimum absolute atomic E-state index is 0.0145. The van der Waals surface area contributed by atoms with Gasteiger partial charge in [-0.3, -0.25) is 19.1 Å². The molecule has 7 heteroatoms. The van der Waals surface area contributed by atoms with Crippen LogP contribution in [0.2, 0.25) is 0 Å². The highest BCUT2D eigenvalue weighted by atomic mass is 19.2. The quantitative estimate of drug-likeness (QED) is 0.389. The van der Waals surface area contributed by atoms with E-state index >= 15 is 0 Å². The molecule has 4 aromatic rings. The van der Waals surface area contributed by atoms with Gasteiger partial charge in [-0.25, -0.2) is 8.78 Å². The van der Waals surface area contributed by atoms with Crippen LogP contribution in [0, 0.1) is 11.6 Å². The van der Waals surface area contributed by atoms with Crippen molar-refractivity contribution in [2.24, 2.45) is 0 Å². The van der Waals surface area contributed by atoms with E-state index in [-0.39, 0.29) is 22.6 Å². The number of fused-ring (bicyclic) bond motifs is 2. The molecule has 3 heterocycles. The third-order valence-electron chi connectivity index (χ3n) is 7.27. The first-order valence-electron chi connectivity index (χ1n) is 11.8. The zero-order valence-electron chi connectivity index (χ0n) is 18.7. The van der Waals surface area contributed by atoms with Crippen LogP contribution in [-0.4, -0.2) is 22.6 Å². The molecule has 0 spiro atoms. The highest BCUT2D eigenvalue weighted by Crippen LogP contribution is 2.38. The van der Waals surface area contributed by atoms with Crippen molar-refractivity contribution >= 4 is 21.9 Å². The van der Waals surface area contributed by atoms with Gasteiger partial charge in [-0.15, -0.1) is 0 Å². The van der Waals surface area contributed by atoms with Crippen molar-refractivity contribution in [2.75, 3.05) is 13.1 Å². The maximum Gasteiger partial charge on any atom is 0.270 e. The molecule has 2 fully saturated rings. The largest absolute Gasteiger partial charge is 0.455 e. The fourth-order valence-corrected chi connectivity index (χ4v) is 5.25. The van der Waals surface area contributed by atoms with Gasteiger partial charge in [-0.05, 0) is 62.9 Å². The van der Waals surface area contributed by atoms with Gasteiger partial charge in [0.25, 0.3) is 5.56 Å². The van der Waals surface area contributed by atoms with E-state index in [1.807, 2.05) is 6.07 Å². The predicted molar refractivity (Wildman–Crippen MR) is 127 cm³/mol. The van der Waals surface area contributed by atoms with E-state index in [2.05, 4.69) is 4.90 Å². The van der Waals surface area contributed by atoms with Crippen molar-refractivity contribution in [3.8, 4) is 5.69 Å². The Bertz CT molecular complexity index is 1550. The summed E-state index contributed by atoms with van der Waals surface area (Å²) in [5.74, 6) is -2.13. The minimum Gasteiger partial charge on any atom is -0.455 e. The second kappa shape index (κ2) is 8.17. The number of likely N-dealkylation sites (tertiary alicyclic amines) is 1. The molecule has 5 nitrogen and oxygen atoms in total. The summed E-state index contributed by atoms with van der Waals surface area (Å²) in [6, 6.07) is 10.8. The summed E-state index contributed by atoms with van der Waals surface area (Å²) in [7, 11) is 0. The van der Waals surface area contributed by atoms with Crippen LogP contribution in [0.15, 0.2) is 56.5 Å². The SMILES string of the molecule is O=c1c2cccc(CN3CCCC3)c2oc2cc(C3CCC3)n(-c3cccc(F)c3F)c(=O)c12. The Morgan fingerprint density at radius 2 is 1.74 bits per heavy atom. The van der Waals surface area contributed by atoms with Gasteiger partial charge in [0.2, 0.25) is 5.43 Å². The Morgan fingerprint density at radius 3 is 2.47 bits per heavy atom. The van der Waals surface area contributed by atoms with Crippen LogP contribution in [0.25, 0.3) is 27.6 Å². The highest BCUT2D eigenvalue weighted by molar-refractivity contribution is 5.91. The zero-order valence-corrected chi connectivity index (χ0v) is 18.7. The third-order valence-corrected chi connectivity index (χ3v) is 7.27. The number of halogens is 2. The first kappa shape index (κ1) is 21.2. The lowest BCUT2D eigenvalue weighted by Crippen LogP contribution is -2.30. The standard InChI is InChI=1S/C27H24F2N2O3/c28-19-10-5-11-20(24(19)29)31-21(16-6-3-7-16)14-22-23(27(31)33)25(32)18-9-4-8-17(26(18)34-22)15-30-12-1-2-13-30/h4-5,8-11,14,16H,1-3,6-7,12-13,15H2. The van der Waals surface area contributed by atoms with E-state index < -0.39 is 22.6 Å². The van der Waals surface area contributed by atoms with Crippen molar-refractivity contribution in [2.45, 2.75) is 44.6 Å². The first-order chi connectivity index (χ1) is 16.5. The zero-order chi connectivity index (χ0) is 23.4. The summed E-state index contributed by atoms with van der Waals surface area (Å²) < 4.78 is 36.3. The number of hydrogen-bond donors (Lipinski definition) is 0. The van der Waals surface area contributed by atoms with E-state index in [1.54, 1.807) is 18.2 Å². The molecule has 2 aromatic heterocycles. The Morgan fingerprint density at radius 1 is 0.971 bits per heavy atom. The van der Waals surface area contributed by atoms with Gasteiger partial charge in [-0.1, -0.05) is 24.6 Å². The van der Waals surface area contributed by atoms with Gasteiger partial charge in [0.05, 0.1) is 11.1 Å². The van der Waals surface area contributed by atoms with Crippen molar-refractivity contribution in [3.63, 3.8) is 0 Å². The molecule has 174 valence electrons. The predicted octanol–water partition coefficient (Wildman–Crippen LogP) is 5.24. The molecular formula is C27H24F2N2O3. The smallest absolute Gasteiger partial charge is 0.270 e. The molecule has 0 unspecified atom stereocenters. The maximum absolute atomic E-state index is 14.8. The second-order valence-electron chi connectivity index (χ2n) is 9.36. The minimum atomic E-state index is -1.11. The second-order valence-corrected chi connectivity index (χ2v) is 9.36. The van der Waals surface area contributed by atoms with E-state index in [0.29, 0.717) is 23.2 Å². The number of pyridine rings is 1. The molecule has 1 aliphatic heterocycles. The molecule has 0 bridgehead atoms. The Labute approximate surface area is 194 Å². The molecule has 0 amide bonds. The first-order valence-corrected chi connectivity index (χ1v) is 11.8. The lowest BCUT2D eigenvalue weighted by Gasteiger charge is -2.28. The number of benzene rings is 2. The molecule has 1 aliphatic carbocycles. The highest BCUT2D eigenvalue weighted by Gasteiger charge is 2.28. The van der Waals surface area contributed by atoms with Crippen molar-refractivity contribution < 1.29 is 13.2 Å². The number of para-hydroxylation sites is 1. The van der Waals surface area contributed by atoms with Crippen molar-refractivity contribution in [1.29, 1.82) is 0 Å². The average molecular weight is 462 g/mol. The van der Waals surface area contributed by atoms with Gasteiger partial charge in [0, 0.05) is 23.9 Å². The molecule has 6 rings (SSSR count). The molecule has 0 radical (unpaired) electrons. The van der Waals surface area contributed by atoms with Crippen LogP contribution in [0.5, 0.6) is 0 Å².